The summed E-state index contributed by atoms with van der Waals surface area (Å²) in [5, 5.41) is 0.738. The number of methoxy groups -OCH3 is 1. The summed E-state index contributed by atoms with van der Waals surface area (Å²) in [6.07, 6.45) is 1.53. The van der Waals surface area contributed by atoms with E-state index in [0.29, 0.717) is 11.3 Å². The zero-order chi connectivity index (χ0) is 19.2. The molecule has 17 heavy (non-hydrogen) atoms. The Morgan fingerprint density at radius 2 is 2.35 bits per heavy atom. The zero-order valence-electron chi connectivity index (χ0n) is 17.8. The van der Waals surface area contributed by atoms with Crippen molar-refractivity contribution in [2.75, 3.05) is 21.1 Å². The Labute approximate surface area is 114 Å². The number of ether oxygens (including phenoxy) is 1. The quantitative estimate of drug-likeness (QED) is 0.817. The predicted molar refractivity (Wildman–Crippen MR) is 71.6 cm³/mol. The molecule has 2 atom stereocenters. The maximum absolute atomic E-state index is 8.41. The number of benzene rings is 1. The summed E-state index contributed by atoms with van der Waals surface area (Å²) in [5.41, 5.74) is 0.579. The lowest BCUT2D eigenvalue weighted by molar-refractivity contribution is 0.286. The molecule has 1 aromatic carbocycles. The van der Waals surface area contributed by atoms with Crippen LogP contribution >= 0.6 is 0 Å². The molecule has 0 N–H and O–H groups in total. The molecule has 1 aromatic heterocycles. The summed E-state index contributed by atoms with van der Waals surface area (Å²) in [6, 6.07) is 4.57. The fraction of sp³-hybridized carbons (Fsp3) is 0.429. The Morgan fingerprint density at radius 1 is 1.53 bits per heavy atom. The maximum atomic E-state index is 8.41. The topological polar surface area (TPSA) is 17.4 Å². The molecule has 0 bridgehead atoms. The van der Waals surface area contributed by atoms with Crippen molar-refractivity contribution in [3.63, 3.8) is 0 Å². The van der Waals surface area contributed by atoms with Crippen LogP contribution in [0.5, 0.6) is 5.75 Å². The standard InChI is InChI=1S/C14H20N2O/c1-11(15(2)3)10-16-8-7-12-9-13(17-4)5-6-14(12)16/h5-9,11H,10H2,1-4H3/t11-/m1/s1/i2D3,3D3,10D,11D/t10?,11-. The van der Waals surface area contributed by atoms with Gasteiger partial charge in [0.2, 0.25) is 0 Å². The van der Waals surface area contributed by atoms with Crippen LogP contribution in [0.25, 0.3) is 10.9 Å². The summed E-state index contributed by atoms with van der Waals surface area (Å²) < 4.78 is 68.4. The van der Waals surface area contributed by atoms with E-state index in [2.05, 4.69) is 0 Å². The minimum atomic E-state index is -3.05. The first-order chi connectivity index (χ1) is 11.3. The highest BCUT2D eigenvalue weighted by molar-refractivity contribution is 5.81. The zero-order valence-corrected chi connectivity index (χ0v) is 9.77. The van der Waals surface area contributed by atoms with Crippen molar-refractivity contribution in [3.8, 4) is 5.75 Å². The Bertz CT molecular complexity index is 735. The smallest absolute Gasteiger partial charge is 0.119 e. The van der Waals surface area contributed by atoms with Gasteiger partial charge in [-0.2, -0.15) is 0 Å². The van der Waals surface area contributed by atoms with Crippen LogP contribution in [-0.4, -0.2) is 36.5 Å². The van der Waals surface area contributed by atoms with Gasteiger partial charge in [-0.15, -0.1) is 0 Å². The Kier molecular flexibility index (Phi) is 1.54. The third-order valence-electron chi connectivity index (χ3n) is 2.61. The highest BCUT2D eigenvalue weighted by atomic mass is 16.5. The van der Waals surface area contributed by atoms with E-state index < -0.39 is 26.5 Å². The Morgan fingerprint density at radius 3 is 3.06 bits per heavy atom. The van der Waals surface area contributed by atoms with Crippen LogP contribution < -0.4 is 4.74 Å². The molecule has 0 saturated heterocycles. The van der Waals surface area contributed by atoms with Gasteiger partial charge in [0.05, 0.1) is 8.48 Å². The van der Waals surface area contributed by atoms with Crippen molar-refractivity contribution in [3.05, 3.63) is 30.5 Å². The van der Waals surface area contributed by atoms with Crippen LogP contribution in [0.4, 0.5) is 0 Å². The molecule has 0 aliphatic rings. The van der Waals surface area contributed by atoms with Crippen LogP contribution in [0.15, 0.2) is 30.5 Å². The number of hydrogen-bond donors (Lipinski definition) is 0. The lowest BCUT2D eigenvalue weighted by Gasteiger charge is -2.20. The third-order valence-corrected chi connectivity index (χ3v) is 2.61. The number of fused-ring (bicyclic) bond motifs is 1. The van der Waals surface area contributed by atoms with Crippen LogP contribution in [0.3, 0.4) is 0 Å². The molecule has 0 aliphatic heterocycles. The fourth-order valence-corrected chi connectivity index (χ4v) is 1.64. The maximum Gasteiger partial charge on any atom is 0.119 e. The monoisotopic (exact) mass is 240 g/mol. The van der Waals surface area contributed by atoms with Gasteiger partial charge in [-0.1, -0.05) is 0 Å². The molecule has 0 aliphatic carbocycles. The summed E-state index contributed by atoms with van der Waals surface area (Å²) >= 11 is 0. The molecule has 0 spiro atoms. The molecule has 0 radical (unpaired) electrons. The molecule has 0 fully saturated rings. The van der Waals surface area contributed by atoms with Gasteiger partial charge in [-0.05, 0) is 45.1 Å². The van der Waals surface area contributed by atoms with E-state index in [1.165, 1.54) is 17.9 Å². The fourth-order valence-electron chi connectivity index (χ4n) is 1.64. The first-order valence-electron chi connectivity index (χ1n) is 9.25. The van der Waals surface area contributed by atoms with Gasteiger partial charge in [0.15, 0.2) is 0 Å². The van der Waals surface area contributed by atoms with E-state index in [-0.39, 0.29) is 4.90 Å². The van der Waals surface area contributed by atoms with Crippen molar-refractivity contribution in [1.82, 2.24) is 9.47 Å². The number of rotatable bonds is 4. The van der Waals surface area contributed by atoms with Crippen molar-refractivity contribution < 1.29 is 15.7 Å². The molecule has 0 amide bonds. The van der Waals surface area contributed by atoms with E-state index >= 15 is 0 Å². The van der Waals surface area contributed by atoms with E-state index in [9.17, 15) is 0 Å². The molecule has 1 unspecified atom stereocenters. The van der Waals surface area contributed by atoms with E-state index in [4.69, 9.17) is 15.7 Å². The molecule has 92 valence electrons. The number of nitrogens with zero attached hydrogens (tertiary/aromatic N) is 2. The summed E-state index contributed by atoms with van der Waals surface area (Å²) in [4.78, 5) is 0.125. The lowest BCUT2D eigenvalue weighted by atomic mass is 10.2. The molecule has 3 heteroatoms. The average molecular weight is 240 g/mol. The Hall–Kier alpha value is -1.48. The van der Waals surface area contributed by atoms with Crippen LogP contribution in [0.1, 0.15) is 17.9 Å². The highest BCUT2D eigenvalue weighted by Crippen LogP contribution is 2.22. The molecule has 2 aromatic rings. The van der Waals surface area contributed by atoms with Gasteiger partial charge in [-0.25, -0.2) is 0 Å². The van der Waals surface area contributed by atoms with Crippen molar-refractivity contribution in [2.45, 2.75) is 19.5 Å². The van der Waals surface area contributed by atoms with Gasteiger partial charge in [-0.3, -0.25) is 0 Å². The van der Waals surface area contributed by atoms with Gasteiger partial charge in [0.25, 0.3) is 0 Å². The lowest BCUT2D eigenvalue weighted by Crippen LogP contribution is -2.28. The van der Waals surface area contributed by atoms with Crippen LogP contribution in [0, 0.1) is 0 Å². The van der Waals surface area contributed by atoms with Crippen molar-refractivity contribution in [2.24, 2.45) is 0 Å². The largest absolute Gasteiger partial charge is 0.497 e. The molecular weight excluding hydrogens is 212 g/mol. The summed E-state index contributed by atoms with van der Waals surface area (Å²) in [7, 11) is 1.52. The van der Waals surface area contributed by atoms with E-state index in [1.54, 1.807) is 24.3 Å². The van der Waals surface area contributed by atoms with Gasteiger partial charge >= 0.3 is 0 Å². The van der Waals surface area contributed by atoms with Crippen molar-refractivity contribution in [1.29, 1.82) is 0 Å². The predicted octanol–water partition coefficient (Wildman–Crippen LogP) is 2.60. The average Bonchev–Trinajstić information content (AvgIpc) is 2.85. The second kappa shape index (κ2) is 4.80. The third kappa shape index (κ3) is 2.44. The summed E-state index contributed by atoms with van der Waals surface area (Å²) in [5.74, 6) is 0.618. The second-order valence-electron chi connectivity index (χ2n) is 3.75. The number of likely N-dealkylation sites (N-methyl/N-ethyl adjacent to an activating group) is 1. The Balaban J connectivity index is 2.52. The highest BCUT2D eigenvalue weighted by Gasteiger charge is 2.08. The molecule has 1 heterocycles. The minimum Gasteiger partial charge on any atom is -0.497 e. The van der Waals surface area contributed by atoms with Gasteiger partial charge in [0, 0.05) is 39.2 Å². The number of hydrogen-bond acceptors (Lipinski definition) is 2. The minimum absolute atomic E-state index is 0.125. The van der Waals surface area contributed by atoms with Gasteiger partial charge < -0.3 is 14.2 Å². The molecular formula is C14H20N2O. The first-order valence-corrected chi connectivity index (χ1v) is 5.17. The second-order valence-corrected chi connectivity index (χ2v) is 3.75. The van der Waals surface area contributed by atoms with Crippen LogP contribution in [0.2, 0.25) is 0 Å². The SMILES string of the molecule is [2H]C(n1ccc2cc(OC)ccc21)[C@@]([2H])(C)N(C([2H])([2H])[2H])C([2H])([2H])[2H]. The number of aromatic nitrogens is 1. The molecule has 0 saturated carbocycles. The molecule has 2 rings (SSSR count). The van der Waals surface area contributed by atoms with Gasteiger partial charge in [0.1, 0.15) is 5.75 Å². The normalized spacial score (nSPS) is 25.4. The van der Waals surface area contributed by atoms with E-state index in [1.807, 2.05) is 0 Å². The van der Waals surface area contributed by atoms with Crippen LogP contribution in [-0.2, 0) is 6.52 Å². The first kappa shape index (κ1) is 5.44. The summed E-state index contributed by atoms with van der Waals surface area (Å²) in [6.45, 7) is -6.46. The molecule has 3 nitrogen and oxygen atoms in total. The van der Waals surface area contributed by atoms with E-state index in [0.717, 1.165) is 12.3 Å². The van der Waals surface area contributed by atoms with Crippen molar-refractivity contribution >= 4 is 10.9 Å².